The molecule has 0 aliphatic carbocycles. The molecule has 0 radical (unpaired) electrons. The maximum absolute atomic E-state index is 12.1. The molecule has 1 atom stereocenters. The fraction of sp³-hybridized carbons (Fsp3) is 0.562. The van der Waals surface area contributed by atoms with E-state index in [-0.39, 0.29) is 11.9 Å². The number of piperidine rings is 1. The average Bonchev–Trinajstić information content (AvgIpc) is 2.50. The summed E-state index contributed by atoms with van der Waals surface area (Å²) in [5.41, 5.74) is 0.967. The van der Waals surface area contributed by atoms with Crippen LogP contribution < -0.4 is 5.32 Å². The van der Waals surface area contributed by atoms with Gasteiger partial charge in [-0.05, 0) is 49.9 Å². The lowest BCUT2D eigenvalue weighted by Gasteiger charge is -2.27. The Kier molecular flexibility index (Phi) is 6.34. The molecule has 3 nitrogen and oxygen atoms in total. The SMILES string of the molecule is CC(NCCC(=O)N1CCCCC1)c1cc(Cl)ccc1Cl. The van der Waals surface area contributed by atoms with Crippen LogP contribution in [0.5, 0.6) is 0 Å². The molecule has 116 valence electrons. The summed E-state index contributed by atoms with van der Waals surface area (Å²) in [4.78, 5) is 14.1. The van der Waals surface area contributed by atoms with Crippen LogP contribution in [0.15, 0.2) is 18.2 Å². The zero-order valence-corrected chi connectivity index (χ0v) is 13.9. The van der Waals surface area contributed by atoms with Crippen LogP contribution in [0, 0.1) is 0 Å². The van der Waals surface area contributed by atoms with Gasteiger partial charge in [0.25, 0.3) is 0 Å². The van der Waals surface area contributed by atoms with Crippen LogP contribution in [0.3, 0.4) is 0 Å². The number of nitrogens with zero attached hydrogens (tertiary/aromatic N) is 1. The Bertz CT molecular complexity index is 487. The Morgan fingerprint density at radius 2 is 2.00 bits per heavy atom. The summed E-state index contributed by atoms with van der Waals surface area (Å²) in [5, 5.41) is 4.72. The predicted molar refractivity (Wildman–Crippen MR) is 87.9 cm³/mol. The molecule has 1 aromatic rings. The largest absolute Gasteiger partial charge is 0.343 e. The fourth-order valence-corrected chi connectivity index (χ4v) is 3.12. The van der Waals surface area contributed by atoms with Gasteiger partial charge in [0.2, 0.25) is 5.91 Å². The van der Waals surface area contributed by atoms with Crippen LogP contribution in [-0.4, -0.2) is 30.4 Å². The van der Waals surface area contributed by atoms with Crippen LogP contribution in [0.4, 0.5) is 0 Å². The van der Waals surface area contributed by atoms with Gasteiger partial charge in [0.05, 0.1) is 0 Å². The first kappa shape index (κ1) is 16.6. The van der Waals surface area contributed by atoms with E-state index in [1.54, 1.807) is 12.1 Å². The summed E-state index contributed by atoms with van der Waals surface area (Å²) in [6.07, 6.45) is 4.04. The molecule has 1 saturated heterocycles. The molecule has 2 rings (SSSR count). The smallest absolute Gasteiger partial charge is 0.223 e. The summed E-state index contributed by atoms with van der Waals surface area (Å²) in [5.74, 6) is 0.242. The number of likely N-dealkylation sites (tertiary alicyclic amines) is 1. The van der Waals surface area contributed by atoms with Crippen molar-refractivity contribution in [2.45, 2.75) is 38.6 Å². The Balaban J connectivity index is 1.79. The molecule has 0 spiro atoms. The van der Waals surface area contributed by atoms with Gasteiger partial charge in [-0.3, -0.25) is 4.79 Å². The van der Waals surface area contributed by atoms with Crippen LogP contribution in [0.25, 0.3) is 0 Å². The average molecular weight is 329 g/mol. The van der Waals surface area contributed by atoms with Gasteiger partial charge in [-0.25, -0.2) is 0 Å². The van der Waals surface area contributed by atoms with Crippen molar-refractivity contribution in [2.24, 2.45) is 0 Å². The molecule has 1 fully saturated rings. The fourth-order valence-electron chi connectivity index (χ4n) is 2.65. The monoisotopic (exact) mass is 328 g/mol. The van der Waals surface area contributed by atoms with Crippen molar-refractivity contribution < 1.29 is 4.79 Å². The van der Waals surface area contributed by atoms with Crippen molar-refractivity contribution in [3.63, 3.8) is 0 Å². The molecule has 1 unspecified atom stereocenters. The number of carbonyl (C=O) groups is 1. The first-order valence-corrected chi connectivity index (χ1v) is 8.29. The van der Waals surface area contributed by atoms with Gasteiger partial charge >= 0.3 is 0 Å². The molecule has 1 amide bonds. The Morgan fingerprint density at radius 3 is 2.71 bits per heavy atom. The van der Waals surface area contributed by atoms with E-state index in [1.807, 2.05) is 17.9 Å². The third-order valence-electron chi connectivity index (χ3n) is 3.92. The lowest BCUT2D eigenvalue weighted by molar-refractivity contribution is -0.132. The second-order valence-corrected chi connectivity index (χ2v) is 6.38. The maximum atomic E-state index is 12.1. The lowest BCUT2D eigenvalue weighted by Crippen LogP contribution is -2.37. The van der Waals surface area contributed by atoms with E-state index in [4.69, 9.17) is 23.2 Å². The number of benzene rings is 1. The standard InChI is InChI=1S/C16H22Cl2N2O/c1-12(14-11-13(17)5-6-15(14)18)19-8-7-16(21)20-9-3-2-4-10-20/h5-6,11-12,19H,2-4,7-10H2,1H3. The number of halogens is 2. The van der Waals surface area contributed by atoms with E-state index in [1.165, 1.54) is 6.42 Å². The minimum Gasteiger partial charge on any atom is -0.343 e. The number of hydrogen-bond donors (Lipinski definition) is 1. The van der Waals surface area contributed by atoms with Crippen LogP contribution in [-0.2, 0) is 4.79 Å². The van der Waals surface area contributed by atoms with Gasteiger partial charge in [-0.2, -0.15) is 0 Å². The highest BCUT2D eigenvalue weighted by atomic mass is 35.5. The van der Waals surface area contributed by atoms with E-state index in [9.17, 15) is 4.79 Å². The molecular weight excluding hydrogens is 307 g/mol. The molecule has 1 aliphatic rings. The molecule has 0 bridgehead atoms. The highest BCUT2D eigenvalue weighted by molar-refractivity contribution is 6.33. The molecular formula is C16H22Cl2N2O. The van der Waals surface area contributed by atoms with E-state index in [0.29, 0.717) is 23.0 Å². The Hall–Kier alpha value is -0.770. The summed E-state index contributed by atoms with van der Waals surface area (Å²) < 4.78 is 0. The topological polar surface area (TPSA) is 32.3 Å². The number of carbonyl (C=O) groups excluding carboxylic acids is 1. The van der Waals surface area contributed by atoms with Crippen molar-refractivity contribution in [3.8, 4) is 0 Å². The number of amides is 1. The van der Waals surface area contributed by atoms with E-state index >= 15 is 0 Å². The third-order valence-corrected chi connectivity index (χ3v) is 4.50. The molecule has 1 N–H and O–H groups in total. The van der Waals surface area contributed by atoms with Gasteiger partial charge < -0.3 is 10.2 Å². The van der Waals surface area contributed by atoms with Gasteiger partial charge in [0.15, 0.2) is 0 Å². The lowest BCUT2D eigenvalue weighted by atomic mass is 10.1. The van der Waals surface area contributed by atoms with Crippen LogP contribution >= 0.6 is 23.2 Å². The van der Waals surface area contributed by atoms with E-state index in [0.717, 1.165) is 31.5 Å². The van der Waals surface area contributed by atoms with Crippen LogP contribution in [0.1, 0.15) is 44.2 Å². The zero-order valence-electron chi connectivity index (χ0n) is 12.4. The van der Waals surface area contributed by atoms with E-state index < -0.39 is 0 Å². The first-order valence-electron chi connectivity index (χ1n) is 7.54. The van der Waals surface area contributed by atoms with Crippen LogP contribution in [0.2, 0.25) is 10.0 Å². The van der Waals surface area contributed by atoms with Crippen molar-refractivity contribution in [2.75, 3.05) is 19.6 Å². The van der Waals surface area contributed by atoms with Crippen molar-refractivity contribution in [1.82, 2.24) is 10.2 Å². The zero-order chi connectivity index (χ0) is 15.2. The van der Waals surface area contributed by atoms with Gasteiger partial charge in [0.1, 0.15) is 0 Å². The first-order chi connectivity index (χ1) is 10.1. The minimum absolute atomic E-state index is 0.0744. The molecule has 1 aromatic carbocycles. The summed E-state index contributed by atoms with van der Waals surface area (Å²) in [7, 11) is 0. The number of hydrogen-bond acceptors (Lipinski definition) is 2. The maximum Gasteiger partial charge on any atom is 0.223 e. The van der Waals surface area contributed by atoms with Crippen molar-refractivity contribution >= 4 is 29.1 Å². The highest BCUT2D eigenvalue weighted by Gasteiger charge is 2.16. The summed E-state index contributed by atoms with van der Waals surface area (Å²) in [6.45, 7) is 4.51. The second kappa shape index (κ2) is 8.02. The molecule has 21 heavy (non-hydrogen) atoms. The Morgan fingerprint density at radius 1 is 1.29 bits per heavy atom. The van der Waals surface area contributed by atoms with Gasteiger partial charge in [-0.1, -0.05) is 23.2 Å². The van der Waals surface area contributed by atoms with Crippen molar-refractivity contribution in [1.29, 1.82) is 0 Å². The number of nitrogens with one attached hydrogen (secondary N) is 1. The highest BCUT2D eigenvalue weighted by Crippen LogP contribution is 2.26. The molecule has 5 heteroatoms. The van der Waals surface area contributed by atoms with Crippen molar-refractivity contribution in [3.05, 3.63) is 33.8 Å². The third kappa shape index (κ3) is 4.87. The van der Waals surface area contributed by atoms with E-state index in [2.05, 4.69) is 5.32 Å². The normalized spacial score (nSPS) is 16.8. The second-order valence-electron chi connectivity index (χ2n) is 5.53. The minimum atomic E-state index is 0.0744. The number of rotatable bonds is 5. The van der Waals surface area contributed by atoms with Gasteiger partial charge in [-0.15, -0.1) is 0 Å². The summed E-state index contributed by atoms with van der Waals surface area (Å²) in [6, 6.07) is 5.52. The Labute approximate surface area is 136 Å². The molecule has 0 saturated carbocycles. The summed E-state index contributed by atoms with van der Waals surface area (Å²) >= 11 is 12.2. The quantitative estimate of drug-likeness (QED) is 0.884. The molecule has 1 aliphatic heterocycles. The molecule has 1 heterocycles. The van der Waals surface area contributed by atoms with Gasteiger partial charge in [0, 0.05) is 42.1 Å². The predicted octanol–water partition coefficient (Wildman–Crippen LogP) is 4.05. The molecule has 0 aromatic heterocycles.